The number of aromatic nitrogens is 1. The molecule has 0 saturated heterocycles. The monoisotopic (exact) mass is 399 g/mol. The fourth-order valence-electron chi connectivity index (χ4n) is 3.27. The van der Waals surface area contributed by atoms with Crippen LogP contribution in [0.15, 0.2) is 54.9 Å². The number of nitrogens with zero attached hydrogens (tertiary/aromatic N) is 3. The standard InChI is InChI=1S/C24H21N3O3/c1-3-30-24(28)22-16-27(15-21-11-19(13-26)8-9-23(21)29-2)14-20(22)10-17-4-6-18(12-25)7-5-17/h4-9,11,14,16H,3,10,15H2,1-2H3. The fourth-order valence-corrected chi connectivity index (χ4v) is 3.27. The third-order valence-corrected chi connectivity index (χ3v) is 4.70. The van der Waals surface area contributed by atoms with Crippen molar-refractivity contribution in [3.63, 3.8) is 0 Å². The number of esters is 1. The maximum atomic E-state index is 12.5. The normalized spacial score (nSPS) is 10.1. The van der Waals surface area contributed by atoms with Gasteiger partial charge in [-0.1, -0.05) is 12.1 Å². The van der Waals surface area contributed by atoms with Gasteiger partial charge in [0.2, 0.25) is 0 Å². The van der Waals surface area contributed by atoms with Crippen LogP contribution in [0.5, 0.6) is 5.75 Å². The van der Waals surface area contributed by atoms with Crippen LogP contribution in [0.4, 0.5) is 0 Å². The Morgan fingerprint density at radius 2 is 1.70 bits per heavy atom. The van der Waals surface area contributed by atoms with E-state index in [0.29, 0.717) is 42.0 Å². The first-order chi connectivity index (χ1) is 14.6. The molecule has 0 N–H and O–H groups in total. The molecule has 0 fully saturated rings. The average Bonchev–Trinajstić information content (AvgIpc) is 3.16. The van der Waals surface area contributed by atoms with Crippen molar-refractivity contribution in [1.29, 1.82) is 10.5 Å². The molecule has 0 bridgehead atoms. The zero-order valence-electron chi connectivity index (χ0n) is 16.9. The molecule has 6 nitrogen and oxygen atoms in total. The Kier molecular flexibility index (Phi) is 6.52. The zero-order chi connectivity index (χ0) is 21.5. The number of hydrogen-bond acceptors (Lipinski definition) is 5. The summed E-state index contributed by atoms with van der Waals surface area (Å²) in [4.78, 5) is 12.5. The van der Waals surface area contributed by atoms with Crippen LogP contribution >= 0.6 is 0 Å². The Balaban J connectivity index is 1.94. The van der Waals surface area contributed by atoms with Gasteiger partial charge < -0.3 is 14.0 Å². The van der Waals surface area contributed by atoms with Crippen molar-refractivity contribution >= 4 is 5.97 Å². The van der Waals surface area contributed by atoms with Gasteiger partial charge in [-0.15, -0.1) is 0 Å². The number of benzene rings is 2. The van der Waals surface area contributed by atoms with Gasteiger partial charge in [0, 0.05) is 18.0 Å². The maximum Gasteiger partial charge on any atom is 0.339 e. The number of nitriles is 2. The molecule has 0 aliphatic carbocycles. The molecule has 30 heavy (non-hydrogen) atoms. The summed E-state index contributed by atoms with van der Waals surface area (Å²) in [6, 6.07) is 16.8. The highest BCUT2D eigenvalue weighted by atomic mass is 16.5. The van der Waals surface area contributed by atoms with Gasteiger partial charge in [0.1, 0.15) is 5.75 Å². The molecule has 0 radical (unpaired) electrons. The highest BCUT2D eigenvalue weighted by Crippen LogP contribution is 2.23. The number of ether oxygens (including phenoxy) is 2. The Morgan fingerprint density at radius 3 is 2.33 bits per heavy atom. The van der Waals surface area contributed by atoms with Crippen molar-refractivity contribution in [3.05, 3.63) is 88.2 Å². The SMILES string of the molecule is CCOC(=O)c1cn(Cc2cc(C#N)ccc2OC)cc1Cc1ccc(C#N)cc1. The second-order valence-electron chi connectivity index (χ2n) is 6.71. The summed E-state index contributed by atoms with van der Waals surface area (Å²) in [5.41, 5.74) is 4.28. The Hall–Kier alpha value is -4.03. The lowest BCUT2D eigenvalue weighted by Gasteiger charge is -2.09. The second kappa shape index (κ2) is 9.45. The topological polar surface area (TPSA) is 88.0 Å². The van der Waals surface area contributed by atoms with Gasteiger partial charge >= 0.3 is 5.97 Å². The largest absolute Gasteiger partial charge is 0.496 e. The van der Waals surface area contributed by atoms with Crippen LogP contribution in [-0.2, 0) is 17.7 Å². The van der Waals surface area contributed by atoms with E-state index in [1.54, 1.807) is 50.6 Å². The molecule has 1 aromatic heterocycles. The minimum absolute atomic E-state index is 0.290. The second-order valence-corrected chi connectivity index (χ2v) is 6.71. The molecule has 1 heterocycles. The molecule has 0 aliphatic heterocycles. The molecule has 0 unspecified atom stereocenters. The van der Waals surface area contributed by atoms with E-state index >= 15 is 0 Å². The first-order valence-corrected chi connectivity index (χ1v) is 9.49. The lowest BCUT2D eigenvalue weighted by atomic mass is 10.0. The summed E-state index contributed by atoms with van der Waals surface area (Å²) < 4.78 is 12.5. The van der Waals surface area contributed by atoms with Crippen molar-refractivity contribution in [3.8, 4) is 17.9 Å². The Bertz CT molecular complexity index is 1130. The van der Waals surface area contributed by atoms with E-state index < -0.39 is 0 Å². The Labute approximate surface area is 175 Å². The third kappa shape index (κ3) is 4.68. The number of hydrogen-bond donors (Lipinski definition) is 0. The number of rotatable bonds is 7. The maximum absolute atomic E-state index is 12.5. The fraction of sp³-hybridized carbons (Fsp3) is 0.208. The smallest absolute Gasteiger partial charge is 0.339 e. The molecule has 3 rings (SSSR count). The van der Waals surface area contributed by atoms with Gasteiger partial charge in [0.25, 0.3) is 0 Å². The van der Waals surface area contributed by atoms with Crippen LogP contribution in [0.2, 0.25) is 0 Å². The molecule has 150 valence electrons. The van der Waals surface area contributed by atoms with Crippen LogP contribution in [0.3, 0.4) is 0 Å². The van der Waals surface area contributed by atoms with Crippen molar-refractivity contribution < 1.29 is 14.3 Å². The zero-order valence-corrected chi connectivity index (χ0v) is 16.9. The Morgan fingerprint density at radius 1 is 1.00 bits per heavy atom. The van der Waals surface area contributed by atoms with Crippen LogP contribution < -0.4 is 4.74 Å². The van der Waals surface area contributed by atoms with Crippen molar-refractivity contribution in [2.24, 2.45) is 0 Å². The summed E-state index contributed by atoms with van der Waals surface area (Å²) in [7, 11) is 1.58. The predicted octanol–water partition coefficient (Wildman–Crippen LogP) is 4.06. The minimum Gasteiger partial charge on any atom is -0.496 e. The van der Waals surface area contributed by atoms with E-state index in [1.165, 1.54) is 0 Å². The van der Waals surface area contributed by atoms with Crippen LogP contribution in [0.1, 0.15) is 45.1 Å². The lowest BCUT2D eigenvalue weighted by molar-refractivity contribution is 0.0525. The van der Waals surface area contributed by atoms with Crippen LogP contribution in [-0.4, -0.2) is 24.3 Å². The van der Waals surface area contributed by atoms with Gasteiger partial charge in [-0.05, 0) is 54.8 Å². The number of methoxy groups -OCH3 is 1. The van der Waals surface area contributed by atoms with E-state index in [2.05, 4.69) is 12.1 Å². The molecule has 2 aromatic carbocycles. The quantitative estimate of drug-likeness (QED) is 0.559. The summed E-state index contributed by atoms with van der Waals surface area (Å²) in [5, 5.41) is 18.2. The van der Waals surface area contributed by atoms with Crippen LogP contribution in [0.25, 0.3) is 0 Å². The molecule has 6 heteroatoms. The molecule has 0 atom stereocenters. The van der Waals surface area contributed by atoms with E-state index in [1.807, 2.05) is 22.9 Å². The molecule has 0 saturated carbocycles. The van der Waals surface area contributed by atoms with Crippen molar-refractivity contribution in [2.75, 3.05) is 13.7 Å². The first kappa shape index (κ1) is 20.7. The van der Waals surface area contributed by atoms with E-state index in [0.717, 1.165) is 16.7 Å². The average molecular weight is 399 g/mol. The van der Waals surface area contributed by atoms with E-state index in [-0.39, 0.29) is 5.97 Å². The van der Waals surface area contributed by atoms with Gasteiger partial charge in [0.15, 0.2) is 0 Å². The summed E-state index contributed by atoms with van der Waals surface area (Å²) in [5.74, 6) is 0.298. The van der Waals surface area contributed by atoms with Gasteiger partial charge in [-0.25, -0.2) is 4.79 Å². The summed E-state index contributed by atoms with van der Waals surface area (Å²) >= 11 is 0. The van der Waals surface area contributed by atoms with Gasteiger partial charge in [0.05, 0.1) is 49.1 Å². The summed E-state index contributed by atoms with van der Waals surface area (Å²) in [6.45, 7) is 2.50. The van der Waals surface area contributed by atoms with Crippen molar-refractivity contribution in [1.82, 2.24) is 4.57 Å². The van der Waals surface area contributed by atoms with Gasteiger partial charge in [-0.3, -0.25) is 0 Å². The number of carbonyl (C=O) groups is 1. The van der Waals surface area contributed by atoms with Gasteiger partial charge in [-0.2, -0.15) is 10.5 Å². The predicted molar refractivity (Wildman–Crippen MR) is 111 cm³/mol. The van der Waals surface area contributed by atoms with Crippen molar-refractivity contribution in [2.45, 2.75) is 19.9 Å². The molecular weight excluding hydrogens is 378 g/mol. The lowest BCUT2D eigenvalue weighted by Crippen LogP contribution is -2.06. The molecule has 0 spiro atoms. The van der Waals surface area contributed by atoms with E-state index in [4.69, 9.17) is 14.7 Å². The van der Waals surface area contributed by atoms with Crippen LogP contribution in [0, 0.1) is 22.7 Å². The minimum atomic E-state index is -0.377. The molecular formula is C24H21N3O3. The molecule has 3 aromatic rings. The summed E-state index contributed by atoms with van der Waals surface area (Å²) in [6.07, 6.45) is 4.20. The number of carbonyl (C=O) groups excluding carboxylic acids is 1. The first-order valence-electron chi connectivity index (χ1n) is 9.49. The molecule has 0 aliphatic rings. The van der Waals surface area contributed by atoms with E-state index in [9.17, 15) is 10.1 Å². The molecule has 0 amide bonds. The highest BCUT2D eigenvalue weighted by molar-refractivity contribution is 5.91. The third-order valence-electron chi connectivity index (χ3n) is 4.70. The highest BCUT2D eigenvalue weighted by Gasteiger charge is 2.17.